The van der Waals surface area contributed by atoms with Crippen LogP contribution in [-0.4, -0.2) is 38.0 Å². The van der Waals surface area contributed by atoms with Crippen LogP contribution in [0.1, 0.15) is 12.5 Å². The molecule has 134 valence electrons. The largest absolute Gasteiger partial charge is 0.324 e. The summed E-state index contributed by atoms with van der Waals surface area (Å²) in [6.07, 6.45) is 0. The van der Waals surface area contributed by atoms with Crippen LogP contribution in [0, 0.1) is 0 Å². The molecule has 2 aromatic rings. The zero-order chi connectivity index (χ0) is 18.4. The van der Waals surface area contributed by atoms with Gasteiger partial charge in [-0.3, -0.25) is 4.79 Å². The van der Waals surface area contributed by atoms with E-state index in [0.29, 0.717) is 11.4 Å². The first-order valence-electron chi connectivity index (χ1n) is 7.80. The molecular formula is C18H22N2O3S2. The average Bonchev–Trinajstić information content (AvgIpc) is 2.60. The number of anilines is 1. The van der Waals surface area contributed by atoms with Gasteiger partial charge in [0.25, 0.3) is 0 Å². The minimum absolute atomic E-state index is 0.0913. The molecule has 0 saturated carbocycles. The number of carbonyl (C=O) groups excluding carboxylic acids is 1. The third-order valence-corrected chi connectivity index (χ3v) is 6.70. The molecule has 0 fully saturated rings. The summed E-state index contributed by atoms with van der Waals surface area (Å²) < 4.78 is 25.9. The number of hydrogen-bond donors (Lipinski definition) is 1. The summed E-state index contributed by atoms with van der Waals surface area (Å²) in [4.78, 5) is 12.5. The molecule has 0 spiro atoms. The summed E-state index contributed by atoms with van der Waals surface area (Å²) in [6, 6.07) is 16.3. The van der Waals surface area contributed by atoms with Crippen LogP contribution in [0.4, 0.5) is 5.69 Å². The first kappa shape index (κ1) is 19.5. The molecule has 0 aromatic heterocycles. The van der Waals surface area contributed by atoms with Gasteiger partial charge in [0.1, 0.15) is 4.90 Å². The first-order valence-corrected chi connectivity index (χ1v) is 10.3. The molecule has 1 unspecified atom stereocenters. The van der Waals surface area contributed by atoms with E-state index in [1.807, 2.05) is 37.3 Å². The molecule has 0 saturated heterocycles. The second-order valence-corrected chi connectivity index (χ2v) is 9.16. The molecule has 0 aliphatic rings. The highest BCUT2D eigenvalue weighted by Gasteiger charge is 2.23. The van der Waals surface area contributed by atoms with E-state index in [1.54, 1.807) is 18.2 Å². The molecule has 2 rings (SSSR count). The number of para-hydroxylation sites is 1. The quantitative estimate of drug-likeness (QED) is 0.803. The number of benzene rings is 2. The van der Waals surface area contributed by atoms with Gasteiger partial charge in [-0.05, 0) is 24.6 Å². The normalized spacial score (nSPS) is 12.8. The Hall–Kier alpha value is -1.83. The fourth-order valence-corrected chi connectivity index (χ4v) is 3.98. The summed E-state index contributed by atoms with van der Waals surface area (Å²) in [7, 11) is -0.693. The van der Waals surface area contributed by atoms with Crippen molar-refractivity contribution < 1.29 is 13.2 Å². The second-order valence-electron chi connectivity index (χ2n) is 5.71. The van der Waals surface area contributed by atoms with Crippen LogP contribution in [0.5, 0.6) is 0 Å². The monoisotopic (exact) mass is 378 g/mol. The van der Waals surface area contributed by atoms with Gasteiger partial charge in [-0.1, -0.05) is 42.5 Å². The highest BCUT2D eigenvalue weighted by molar-refractivity contribution is 7.99. The van der Waals surface area contributed by atoms with Crippen LogP contribution in [0.25, 0.3) is 0 Å². The Labute approximate surface area is 153 Å². The van der Waals surface area contributed by atoms with Crippen LogP contribution in [0.3, 0.4) is 0 Å². The van der Waals surface area contributed by atoms with Crippen molar-refractivity contribution in [2.45, 2.75) is 22.8 Å². The Balaban J connectivity index is 2.08. The Morgan fingerprint density at radius 2 is 1.68 bits per heavy atom. The summed E-state index contributed by atoms with van der Waals surface area (Å²) in [5.41, 5.74) is 1.44. The van der Waals surface area contributed by atoms with Gasteiger partial charge in [0, 0.05) is 19.8 Å². The molecule has 1 N–H and O–H groups in total. The number of nitrogens with one attached hydrogen (secondary N) is 1. The SMILES string of the molecule is CC(SCc1ccccc1)C(=O)Nc1ccccc1S(=O)(=O)N(C)C. The highest BCUT2D eigenvalue weighted by Crippen LogP contribution is 2.25. The Bertz CT molecular complexity index is 821. The molecular weight excluding hydrogens is 356 g/mol. The van der Waals surface area contributed by atoms with Gasteiger partial charge >= 0.3 is 0 Å². The lowest BCUT2D eigenvalue weighted by atomic mass is 10.2. The highest BCUT2D eigenvalue weighted by atomic mass is 32.2. The van der Waals surface area contributed by atoms with Crippen LogP contribution < -0.4 is 5.32 Å². The van der Waals surface area contributed by atoms with Crippen molar-refractivity contribution in [2.24, 2.45) is 0 Å². The van der Waals surface area contributed by atoms with E-state index < -0.39 is 10.0 Å². The van der Waals surface area contributed by atoms with E-state index in [0.717, 1.165) is 9.87 Å². The molecule has 0 aliphatic carbocycles. The van der Waals surface area contributed by atoms with Gasteiger partial charge in [-0.25, -0.2) is 12.7 Å². The van der Waals surface area contributed by atoms with Gasteiger partial charge in [-0.2, -0.15) is 0 Å². The summed E-state index contributed by atoms with van der Waals surface area (Å²) >= 11 is 1.50. The van der Waals surface area contributed by atoms with Crippen LogP contribution in [0.15, 0.2) is 59.5 Å². The van der Waals surface area contributed by atoms with Crippen molar-refractivity contribution in [3.8, 4) is 0 Å². The maximum Gasteiger partial charge on any atom is 0.244 e. The Morgan fingerprint density at radius 3 is 2.32 bits per heavy atom. The average molecular weight is 379 g/mol. The molecule has 0 aliphatic heterocycles. The number of nitrogens with zero attached hydrogens (tertiary/aromatic N) is 1. The van der Waals surface area contributed by atoms with Crippen molar-refractivity contribution in [3.05, 3.63) is 60.2 Å². The zero-order valence-corrected chi connectivity index (χ0v) is 16.1. The zero-order valence-electron chi connectivity index (χ0n) is 14.5. The maximum atomic E-state index is 12.4. The van der Waals surface area contributed by atoms with Gasteiger partial charge < -0.3 is 5.32 Å². The molecule has 7 heteroatoms. The predicted octanol–water partition coefficient (Wildman–Crippen LogP) is 3.20. The van der Waals surface area contributed by atoms with Gasteiger partial charge in [0.2, 0.25) is 15.9 Å². The van der Waals surface area contributed by atoms with Crippen molar-refractivity contribution in [1.82, 2.24) is 4.31 Å². The standard InChI is InChI=1S/C18H22N2O3S2/c1-14(24-13-15-9-5-4-6-10-15)18(21)19-16-11-7-8-12-17(16)25(22,23)20(2)3/h4-12,14H,13H2,1-3H3,(H,19,21). The topological polar surface area (TPSA) is 66.5 Å². The van der Waals surface area contributed by atoms with Crippen molar-refractivity contribution in [1.29, 1.82) is 0 Å². The van der Waals surface area contributed by atoms with Gasteiger partial charge in [0.15, 0.2) is 0 Å². The third-order valence-electron chi connectivity index (χ3n) is 3.62. The number of rotatable bonds is 7. The molecule has 1 amide bonds. The summed E-state index contributed by atoms with van der Waals surface area (Å²) in [5.74, 6) is 0.495. The van der Waals surface area contributed by atoms with E-state index in [4.69, 9.17) is 0 Å². The molecule has 0 bridgehead atoms. The fraction of sp³-hybridized carbons (Fsp3) is 0.278. The van der Waals surface area contributed by atoms with Crippen molar-refractivity contribution >= 4 is 33.4 Å². The Kier molecular flexibility index (Phi) is 6.64. The van der Waals surface area contributed by atoms with E-state index >= 15 is 0 Å². The Morgan fingerprint density at radius 1 is 1.08 bits per heavy atom. The van der Waals surface area contributed by atoms with Crippen LogP contribution >= 0.6 is 11.8 Å². The number of sulfonamides is 1. The van der Waals surface area contributed by atoms with E-state index in [9.17, 15) is 13.2 Å². The number of amides is 1. The van der Waals surface area contributed by atoms with Gasteiger partial charge in [0.05, 0.1) is 10.9 Å². The molecule has 2 aromatic carbocycles. The predicted molar refractivity (Wildman–Crippen MR) is 103 cm³/mol. The molecule has 0 radical (unpaired) electrons. The van der Waals surface area contributed by atoms with Crippen molar-refractivity contribution in [3.63, 3.8) is 0 Å². The van der Waals surface area contributed by atoms with Gasteiger partial charge in [-0.15, -0.1) is 11.8 Å². The molecule has 5 nitrogen and oxygen atoms in total. The van der Waals surface area contributed by atoms with Crippen LogP contribution in [-0.2, 0) is 20.6 Å². The number of carbonyl (C=O) groups is 1. The lowest BCUT2D eigenvalue weighted by molar-refractivity contribution is -0.115. The van der Waals surface area contributed by atoms with E-state index in [2.05, 4.69) is 5.32 Å². The summed E-state index contributed by atoms with van der Waals surface area (Å²) in [5, 5.41) is 2.43. The van der Waals surface area contributed by atoms with E-state index in [1.165, 1.54) is 31.9 Å². The second kappa shape index (κ2) is 8.51. The molecule has 0 heterocycles. The lowest BCUT2D eigenvalue weighted by Gasteiger charge is -2.17. The van der Waals surface area contributed by atoms with E-state index in [-0.39, 0.29) is 16.1 Å². The summed E-state index contributed by atoms with van der Waals surface area (Å²) in [6.45, 7) is 1.81. The molecule has 25 heavy (non-hydrogen) atoms. The lowest BCUT2D eigenvalue weighted by Crippen LogP contribution is -2.26. The smallest absolute Gasteiger partial charge is 0.244 e. The molecule has 1 atom stereocenters. The number of hydrogen-bond acceptors (Lipinski definition) is 4. The first-order chi connectivity index (χ1) is 11.8. The van der Waals surface area contributed by atoms with Crippen molar-refractivity contribution in [2.75, 3.05) is 19.4 Å². The number of thioether (sulfide) groups is 1. The third kappa shape index (κ3) is 5.07. The minimum atomic E-state index is -3.62. The van der Waals surface area contributed by atoms with Crippen LogP contribution in [0.2, 0.25) is 0 Å². The fourth-order valence-electron chi connectivity index (χ4n) is 2.10. The maximum absolute atomic E-state index is 12.4. The minimum Gasteiger partial charge on any atom is -0.324 e.